The third kappa shape index (κ3) is 4.09. The van der Waals surface area contributed by atoms with Crippen LogP contribution in [-0.4, -0.2) is 44.1 Å². The predicted molar refractivity (Wildman–Crippen MR) is 101 cm³/mol. The molecule has 0 aliphatic rings. The minimum absolute atomic E-state index is 0.106. The molecule has 0 aliphatic carbocycles. The number of hydrogen-bond acceptors (Lipinski definition) is 6. The third-order valence-corrected chi connectivity index (χ3v) is 3.93. The number of aromatic nitrogens is 5. The van der Waals surface area contributed by atoms with Crippen LogP contribution in [-0.2, 0) is 0 Å². The van der Waals surface area contributed by atoms with Gasteiger partial charge in [-0.3, -0.25) is 0 Å². The summed E-state index contributed by atoms with van der Waals surface area (Å²) in [6.45, 7) is 2.76. The molecule has 2 heterocycles. The standard InChI is InChI=1S/C17H18F2N6O2S/c1-4-26-13-7-5-6-12(14(13)27-15(18)19)9-20-25-16(21-22-17(25)28)24-11(3)8-10(2)23-24/h5-9,15H,4H2,1-3H3,(H,22,28)/b20-9-. The van der Waals surface area contributed by atoms with E-state index in [1.807, 2.05) is 19.9 Å². The summed E-state index contributed by atoms with van der Waals surface area (Å²) in [4.78, 5) is 0. The average molecular weight is 408 g/mol. The molecule has 11 heteroatoms. The molecule has 8 nitrogen and oxygen atoms in total. The number of H-pyrrole nitrogens is 1. The molecule has 28 heavy (non-hydrogen) atoms. The van der Waals surface area contributed by atoms with Gasteiger partial charge in [-0.25, -0.2) is 9.78 Å². The van der Waals surface area contributed by atoms with Crippen LogP contribution in [0.5, 0.6) is 11.5 Å². The van der Waals surface area contributed by atoms with Crippen LogP contribution in [0.4, 0.5) is 8.78 Å². The van der Waals surface area contributed by atoms with Gasteiger partial charge in [-0.05, 0) is 51.2 Å². The predicted octanol–water partition coefficient (Wildman–Crippen LogP) is 3.63. The molecule has 1 N–H and O–H groups in total. The Hall–Kier alpha value is -3.08. The summed E-state index contributed by atoms with van der Waals surface area (Å²) in [5, 5.41) is 15.4. The number of para-hydroxylation sites is 1. The Balaban J connectivity index is 2.04. The maximum atomic E-state index is 12.9. The second-order valence-corrected chi connectivity index (χ2v) is 6.10. The smallest absolute Gasteiger partial charge is 0.387 e. The normalized spacial score (nSPS) is 11.5. The fourth-order valence-electron chi connectivity index (χ4n) is 2.59. The molecule has 3 rings (SSSR count). The number of rotatable bonds is 7. The summed E-state index contributed by atoms with van der Waals surface area (Å²) in [5.74, 6) is 0.427. The van der Waals surface area contributed by atoms with E-state index in [9.17, 15) is 8.78 Å². The second kappa shape index (κ2) is 8.30. The molecule has 3 aromatic rings. The molecule has 0 radical (unpaired) electrons. The Morgan fingerprint density at radius 1 is 1.36 bits per heavy atom. The zero-order valence-corrected chi connectivity index (χ0v) is 16.2. The molecule has 1 aromatic carbocycles. The SMILES string of the molecule is CCOc1cccc(/C=N\n2c(-n3nc(C)cc3C)n[nH]c2=S)c1OC(F)F. The maximum Gasteiger partial charge on any atom is 0.387 e. The van der Waals surface area contributed by atoms with Crippen LogP contribution in [0.1, 0.15) is 23.9 Å². The minimum Gasteiger partial charge on any atom is -0.490 e. The van der Waals surface area contributed by atoms with Gasteiger partial charge in [0.2, 0.25) is 4.77 Å². The van der Waals surface area contributed by atoms with Gasteiger partial charge >= 0.3 is 6.61 Å². The zero-order chi connectivity index (χ0) is 20.3. The molecule has 0 aliphatic heterocycles. The zero-order valence-electron chi connectivity index (χ0n) is 15.4. The lowest BCUT2D eigenvalue weighted by Crippen LogP contribution is -2.09. The molecule has 0 fully saturated rings. The molecule has 0 atom stereocenters. The Kier molecular flexibility index (Phi) is 5.83. The number of alkyl halides is 2. The first kappa shape index (κ1) is 19.7. The van der Waals surface area contributed by atoms with Gasteiger partial charge in [0.25, 0.3) is 5.95 Å². The van der Waals surface area contributed by atoms with Gasteiger partial charge in [-0.2, -0.15) is 23.7 Å². The van der Waals surface area contributed by atoms with Crippen molar-refractivity contribution in [2.75, 3.05) is 6.61 Å². The molecule has 148 valence electrons. The highest BCUT2D eigenvalue weighted by Crippen LogP contribution is 2.32. The Morgan fingerprint density at radius 2 is 2.14 bits per heavy atom. The number of aryl methyl sites for hydroxylation is 2. The molecule has 0 unspecified atom stereocenters. The van der Waals surface area contributed by atoms with Crippen LogP contribution in [0.15, 0.2) is 29.4 Å². The van der Waals surface area contributed by atoms with E-state index in [1.54, 1.807) is 29.8 Å². The lowest BCUT2D eigenvalue weighted by molar-refractivity contribution is -0.0515. The molecule has 2 aromatic heterocycles. The fourth-order valence-corrected chi connectivity index (χ4v) is 2.77. The van der Waals surface area contributed by atoms with E-state index in [2.05, 4.69) is 25.1 Å². The lowest BCUT2D eigenvalue weighted by Gasteiger charge is -2.13. The summed E-state index contributed by atoms with van der Waals surface area (Å²) >= 11 is 5.22. The van der Waals surface area contributed by atoms with Crippen molar-refractivity contribution in [3.63, 3.8) is 0 Å². The van der Waals surface area contributed by atoms with Crippen molar-refractivity contribution in [3.05, 3.63) is 46.0 Å². The molecule has 0 saturated carbocycles. The maximum absolute atomic E-state index is 12.9. The van der Waals surface area contributed by atoms with Crippen LogP contribution in [0.3, 0.4) is 0 Å². The first-order valence-corrected chi connectivity index (χ1v) is 8.77. The highest BCUT2D eigenvalue weighted by Gasteiger charge is 2.16. The third-order valence-electron chi connectivity index (χ3n) is 3.66. The molecular formula is C17H18F2N6O2S. The minimum atomic E-state index is -3.00. The molecule has 0 saturated heterocycles. The fraction of sp³-hybridized carbons (Fsp3) is 0.294. The van der Waals surface area contributed by atoms with Crippen molar-refractivity contribution in [3.8, 4) is 17.4 Å². The largest absolute Gasteiger partial charge is 0.490 e. The van der Waals surface area contributed by atoms with Gasteiger partial charge in [-0.1, -0.05) is 6.07 Å². The van der Waals surface area contributed by atoms with E-state index in [1.165, 1.54) is 10.9 Å². The monoisotopic (exact) mass is 408 g/mol. The lowest BCUT2D eigenvalue weighted by atomic mass is 10.2. The van der Waals surface area contributed by atoms with E-state index in [0.29, 0.717) is 18.1 Å². The quantitative estimate of drug-likeness (QED) is 0.477. The van der Waals surface area contributed by atoms with Gasteiger partial charge in [0.15, 0.2) is 11.5 Å². The highest BCUT2D eigenvalue weighted by atomic mass is 32.1. The molecule has 0 spiro atoms. The summed E-state index contributed by atoms with van der Waals surface area (Å²) in [6.07, 6.45) is 1.35. The van der Waals surface area contributed by atoms with Crippen LogP contribution in [0, 0.1) is 18.6 Å². The number of ether oxygens (including phenoxy) is 2. The first-order chi connectivity index (χ1) is 13.4. The van der Waals surface area contributed by atoms with Gasteiger partial charge < -0.3 is 9.47 Å². The average Bonchev–Trinajstić information content (AvgIpc) is 3.16. The molecular weight excluding hydrogens is 390 g/mol. The van der Waals surface area contributed by atoms with Crippen molar-refractivity contribution in [1.82, 2.24) is 24.7 Å². The Morgan fingerprint density at radius 3 is 2.79 bits per heavy atom. The van der Waals surface area contributed by atoms with Crippen LogP contribution >= 0.6 is 12.2 Å². The van der Waals surface area contributed by atoms with Crippen LogP contribution < -0.4 is 9.47 Å². The van der Waals surface area contributed by atoms with Crippen molar-refractivity contribution < 1.29 is 18.3 Å². The molecule has 0 bridgehead atoms. The van der Waals surface area contributed by atoms with Crippen molar-refractivity contribution in [2.24, 2.45) is 5.10 Å². The van der Waals surface area contributed by atoms with E-state index in [-0.39, 0.29) is 16.3 Å². The second-order valence-electron chi connectivity index (χ2n) is 5.71. The number of benzene rings is 1. The Labute approximate surface area is 164 Å². The van der Waals surface area contributed by atoms with E-state index >= 15 is 0 Å². The summed E-state index contributed by atoms with van der Waals surface area (Å²) in [7, 11) is 0. The number of nitrogens with one attached hydrogen (secondary N) is 1. The van der Waals surface area contributed by atoms with Crippen LogP contribution in [0.25, 0.3) is 5.95 Å². The summed E-state index contributed by atoms with van der Waals surface area (Å²) < 4.78 is 38.9. The summed E-state index contributed by atoms with van der Waals surface area (Å²) in [5.41, 5.74) is 1.94. The van der Waals surface area contributed by atoms with Gasteiger partial charge in [-0.15, -0.1) is 5.10 Å². The number of nitrogens with zero attached hydrogens (tertiary/aromatic N) is 5. The molecule has 0 amide bonds. The van der Waals surface area contributed by atoms with Gasteiger partial charge in [0, 0.05) is 11.3 Å². The van der Waals surface area contributed by atoms with Gasteiger partial charge in [0.05, 0.1) is 18.5 Å². The Bertz CT molecular complexity index is 1060. The van der Waals surface area contributed by atoms with Gasteiger partial charge in [0.1, 0.15) is 0 Å². The van der Waals surface area contributed by atoms with Crippen LogP contribution in [0.2, 0.25) is 0 Å². The number of halogens is 2. The van der Waals surface area contributed by atoms with Crippen molar-refractivity contribution in [2.45, 2.75) is 27.4 Å². The van der Waals surface area contributed by atoms with E-state index in [4.69, 9.17) is 17.0 Å². The first-order valence-electron chi connectivity index (χ1n) is 8.36. The number of aromatic amines is 1. The van der Waals surface area contributed by atoms with Crippen molar-refractivity contribution in [1.29, 1.82) is 0 Å². The van der Waals surface area contributed by atoms with E-state index in [0.717, 1.165) is 11.4 Å². The van der Waals surface area contributed by atoms with E-state index < -0.39 is 6.61 Å². The highest BCUT2D eigenvalue weighted by molar-refractivity contribution is 7.71. The summed E-state index contributed by atoms with van der Waals surface area (Å²) in [6, 6.07) is 6.66. The number of hydrogen-bond donors (Lipinski definition) is 1. The topological polar surface area (TPSA) is 82.3 Å². The van der Waals surface area contributed by atoms with Crippen molar-refractivity contribution >= 4 is 18.4 Å².